The van der Waals surface area contributed by atoms with Crippen LogP contribution in [0.2, 0.25) is 5.02 Å². The molecule has 1 heterocycles. The van der Waals surface area contributed by atoms with Gasteiger partial charge in [-0.2, -0.15) is 0 Å². The van der Waals surface area contributed by atoms with Crippen LogP contribution < -0.4 is 5.32 Å². The number of amides is 1. The van der Waals surface area contributed by atoms with E-state index in [-0.39, 0.29) is 24.3 Å². The van der Waals surface area contributed by atoms with E-state index in [9.17, 15) is 9.59 Å². The number of carbonyl (C=O) groups excluding carboxylic acids is 1. The molecule has 1 saturated heterocycles. The van der Waals surface area contributed by atoms with Crippen molar-refractivity contribution in [2.75, 3.05) is 19.6 Å². The summed E-state index contributed by atoms with van der Waals surface area (Å²) in [5, 5.41) is 12.6. The molecule has 0 aromatic heterocycles. The van der Waals surface area contributed by atoms with Crippen molar-refractivity contribution in [3.8, 4) is 0 Å². The fourth-order valence-corrected chi connectivity index (χ4v) is 2.71. The lowest BCUT2D eigenvalue weighted by atomic mass is 9.99. The van der Waals surface area contributed by atoms with Crippen molar-refractivity contribution in [3.05, 3.63) is 34.9 Å². The highest BCUT2D eigenvalue weighted by Crippen LogP contribution is 2.22. The van der Waals surface area contributed by atoms with Crippen LogP contribution in [-0.2, 0) is 16.1 Å². The smallest absolute Gasteiger partial charge is 0.308 e. The quantitative estimate of drug-likeness (QED) is 0.867. The minimum atomic E-state index is -0.786. The van der Waals surface area contributed by atoms with E-state index in [2.05, 4.69) is 5.32 Å². The average Bonchev–Trinajstić information content (AvgIpc) is 2.79. The summed E-state index contributed by atoms with van der Waals surface area (Å²) in [6.07, 6.45) is 0. The van der Waals surface area contributed by atoms with E-state index < -0.39 is 5.97 Å². The largest absolute Gasteiger partial charge is 0.481 e. The van der Waals surface area contributed by atoms with Gasteiger partial charge in [-0.3, -0.25) is 14.5 Å². The molecule has 2 N–H and O–H groups in total. The second-order valence-corrected chi connectivity index (χ2v) is 5.96. The molecule has 1 fully saturated rings. The van der Waals surface area contributed by atoms with Gasteiger partial charge in [0.2, 0.25) is 5.91 Å². The summed E-state index contributed by atoms with van der Waals surface area (Å²) in [6.45, 7) is 3.67. The van der Waals surface area contributed by atoms with Gasteiger partial charge in [0.1, 0.15) is 0 Å². The summed E-state index contributed by atoms with van der Waals surface area (Å²) in [6, 6.07) is 7.29. The zero-order valence-corrected chi connectivity index (χ0v) is 12.6. The molecule has 0 bridgehead atoms. The number of benzene rings is 1. The van der Waals surface area contributed by atoms with Gasteiger partial charge in [-0.1, -0.05) is 30.7 Å². The number of hydrogen-bond acceptors (Lipinski definition) is 3. The molecule has 1 amide bonds. The van der Waals surface area contributed by atoms with Crippen molar-refractivity contribution in [2.45, 2.75) is 13.5 Å². The molecule has 5 nitrogen and oxygen atoms in total. The number of nitrogens with zero attached hydrogens (tertiary/aromatic N) is 1. The van der Waals surface area contributed by atoms with Crippen LogP contribution in [0, 0.1) is 11.8 Å². The molecule has 1 aliphatic rings. The van der Waals surface area contributed by atoms with Crippen LogP contribution in [0.4, 0.5) is 0 Å². The van der Waals surface area contributed by atoms with Crippen LogP contribution in [0.3, 0.4) is 0 Å². The first-order valence-electron chi connectivity index (χ1n) is 6.92. The maximum Gasteiger partial charge on any atom is 0.308 e. The molecule has 114 valence electrons. The van der Waals surface area contributed by atoms with E-state index in [1.54, 1.807) is 12.1 Å². The minimum absolute atomic E-state index is 0.0755. The van der Waals surface area contributed by atoms with Gasteiger partial charge in [0.05, 0.1) is 12.5 Å². The maximum atomic E-state index is 11.9. The Morgan fingerprint density at radius 2 is 2.00 bits per heavy atom. The van der Waals surface area contributed by atoms with E-state index in [4.69, 9.17) is 16.7 Å². The van der Waals surface area contributed by atoms with Crippen LogP contribution in [0.15, 0.2) is 24.3 Å². The summed E-state index contributed by atoms with van der Waals surface area (Å²) in [4.78, 5) is 24.8. The molecule has 0 unspecified atom stereocenters. The number of carboxylic acids is 1. The Kier molecular flexibility index (Phi) is 5.20. The summed E-state index contributed by atoms with van der Waals surface area (Å²) in [5.74, 6) is -1.18. The Bertz CT molecular complexity index is 518. The molecule has 0 aliphatic carbocycles. The summed E-state index contributed by atoms with van der Waals surface area (Å²) >= 11 is 5.80. The van der Waals surface area contributed by atoms with E-state index in [0.717, 1.165) is 5.56 Å². The number of nitrogens with one attached hydrogen (secondary N) is 1. The first-order valence-corrected chi connectivity index (χ1v) is 7.30. The highest BCUT2D eigenvalue weighted by molar-refractivity contribution is 6.30. The Balaban J connectivity index is 1.77. The predicted octanol–water partition coefficient (Wildman–Crippen LogP) is 1.61. The van der Waals surface area contributed by atoms with Crippen molar-refractivity contribution in [1.29, 1.82) is 0 Å². The number of rotatable bonds is 5. The molecular weight excluding hydrogens is 292 g/mol. The van der Waals surface area contributed by atoms with Crippen molar-refractivity contribution in [3.63, 3.8) is 0 Å². The molecule has 1 aliphatic heterocycles. The van der Waals surface area contributed by atoms with Crippen LogP contribution in [0.25, 0.3) is 0 Å². The number of aliphatic carboxylic acids is 1. The number of halogens is 1. The Morgan fingerprint density at radius 3 is 2.57 bits per heavy atom. The first-order chi connectivity index (χ1) is 9.95. The van der Waals surface area contributed by atoms with Gasteiger partial charge in [-0.25, -0.2) is 0 Å². The molecular formula is C15H19ClN2O3. The topological polar surface area (TPSA) is 69.6 Å². The molecule has 2 atom stereocenters. The van der Waals surface area contributed by atoms with Crippen molar-refractivity contribution in [2.24, 2.45) is 11.8 Å². The second kappa shape index (κ2) is 6.91. The van der Waals surface area contributed by atoms with Gasteiger partial charge in [0, 0.05) is 24.7 Å². The second-order valence-electron chi connectivity index (χ2n) is 5.52. The minimum Gasteiger partial charge on any atom is -0.481 e. The Hall–Kier alpha value is -1.59. The monoisotopic (exact) mass is 310 g/mol. The van der Waals surface area contributed by atoms with Gasteiger partial charge in [0.15, 0.2) is 0 Å². The number of carboxylic acid groups (broad SMARTS) is 1. The average molecular weight is 311 g/mol. The third-order valence-corrected chi connectivity index (χ3v) is 4.03. The van der Waals surface area contributed by atoms with Crippen LogP contribution in [0.5, 0.6) is 0 Å². The Labute approximate surface area is 128 Å². The molecule has 1 aromatic rings. The first kappa shape index (κ1) is 15.8. The van der Waals surface area contributed by atoms with Crippen molar-refractivity contribution in [1.82, 2.24) is 10.2 Å². The third kappa shape index (κ3) is 4.44. The lowest BCUT2D eigenvalue weighted by molar-refractivity contribution is -0.142. The zero-order valence-electron chi connectivity index (χ0n) is 11.9. The fourth-order valence-electron chi connectivity index (χ4n) is 2.58. The van der Waals surface area contributed by atoms with Crippen molar-refractivity contribution >= 4 is 23.5 Å². The zero-order chi connectivity index (χ0) is 15.4. The molecule has 0 saturated carbocycles. The highest BCUT2D eigenvalue weighted by Gasteiger charge is 2.35. The van der Waals surface area contributed by atoms with E-state index in [0.29, 0.717) is 24.7 Å². The van der Waals surface area contributed by atoms with Crippen LogP contribution in [-0.4, -0.2) is 41.5 Å². The number of hydrogen-bond donors (Lipinski definition) is 2. The fraction of sp³-hybridized carbons (Fsp3) is 0.467. The molecule has 21 heavy (non-hydrogen) atoms. The van der Waals surface area contributed by atoms with Gasteiger partial charge in [-0.15, -0.1) is 0 Å². The van der Waals surface area contributed by atoms with Gasteiger partial charge >= 0.3 is 5.97 Å². The normalized spacial score (nSPS) is 22.2. The third-order valence-electron chi connectivity index (χ3n) is 3.78. The SMILES string of the molecule is C[C@@H]1CN(CC(=O)NCc2ccc(Cl)cc2)C[C@H]1C(=O)O. The lowest BCUT2D eigenvalue weighted by Gasteiger charge is -2.14. The van der Waals surface area contributed by atoms with Crippen LogP contribution >= 0.6 is 11.6 Å². The number of carbonyl (C=O) groups is 2. The highest BCUT2D eigenvalue weighted by atomic mass is 35.5. The molecule has 6 heteroatoms. The summed E-state index contributed by atoms with van der Waals surface area (Å²) in [5.41, 5.74) is 0.978. The predicted molar refractivity (Wildman–Crippen MR) is 80.0 cm³/mol. The van der Waals surface area contributed by atoms with Gasteiger partial charge in [0.25, 0.3) is 0 Å². The van der Waals surface area contributed by atoms with Crippen molar-refractivity contribution < 1.29 is 14.7 Å². The molecule has 0 radical (unpaired) electrons. The lowest BCUT2D eigenvalue weighted by Crippen LogP contribution is -2.36. The molecule has 1 aromatic carbocycles. The molecule has 0 spiro atoms. The summed E-state index contributed by atoms with van der Waals surface area (Å²) in [7, 11) is 0. The molecule has 2 rings (SSSR count). The van der Waals surface area contributed by atoms with E-state index >= 15 is 0 Å². The maximum absolute atomic E-state index is 11.9. The van der Waals surface area contributed by atoms with E-state index in [1.165, 1.54) is 0 Å². The summed E-state index contributed by atoms with van der Waals surface area (Å²) < 4.78 is 0. The van der Waals surface area contributed by atoms with Gasteiger partial charge in [-0.05, 0) is 23.6 Å². The van der Waals surface area contributed by atoms with Crippen LogP contribution in [0.1, 0.15) is 12.5 Å². The Morgan fingerprint density at radius 1 is 1.33 bits per heavy atom. The van der Waals surface area contributed by atoms with Gasteiger partial charge < -0.3 is 10.4 Å². The standard InChI is InChI=1S/C15H19ClN2O3/c1-10-7-18(8-13(10)15(20)21)9-14(19)17-6-11-2-4-12(16)5-3-11/h2-5,10,13H,6-9H2,1H3,(H,17,19)(H,20,21)/t10-,13-/m1/s1. The van der Waals surface area contributed by atoms with E-state index in [1.807, 2.05) is 24.0 Å². The number of likely N-dealkylation sites (tertiary alicyclic amines) is 1.